The molecule has 1 N–H and O–H groups in total. The molecule has 2 saturated heterocycles. The van der Waals surface area contributed by atoms with Gasteiger partial charge in [-0.3, -0.25) is 0 Å². The number of halogens is 1. The number of morpholine rings is 1. The van der Waals surface area contributed by atoms with Gasteiger partial charge in [0.1, 0.15) is 0 Å². The molecule has 0 aliphatic carbocycles. The van der Waals surface area contributed by atoms with E-state index in [1.807, 2.05) is 24.3 Å². The van der Waals surface area contributed by atoms with Crippen LogP contribution in [0.5, 0.6) is 0 Å². The van der Waals surface area contributed by atoms with Crippen LogP contribution < -0.4 is 5.32 Å². The number of ether oxygens (including phenoxy) is 1. The Kier molecular flexibility index (Phi) is 8.80. The first kappa shape index (κ1) is 26.3. The maximum atomic E-state index is 12.9. The molecule has 3 rings (SSSR count). The predicted molar refractivity (Wildman–Crippen MR) is 136 cm³/mol. The summed E-state index contributed by atoms with van der Waals surface area (Å²) in [5.41, 5.74) is 1.98. The summed E-state index contributed by atoms with van der Waals surface area (Å²) in [6.45, 7) is 15.0. The first-order valence-corrected chi connectivity index (χ1v) is 12.4. The Bertz CT molecular complexity index is 880. The average Bonchev–Trinajstić information content (AvgIpc) is 2.71. The molecular formula is C22H37IN4O3S. The Labute approximate surface area is 204 Å². The van der Waals surface area contributed by atoms with Crippen LogP contribution in [0.3, 0.4) is 0 Å². The van der Waals surface area contributed by atoms with Crippen LogP contribution in [0.25, 0.3) is 0 Å². The molecule has 2 aliphatic heterocycles. The Morgan fingerprint density at radius 3 is 2.29 bits per heavy atom. The summed E-state index contributed by atoms with van der Waals surface area (Å²) in [5.74, 6) is 0.880. The molecule has 2 aliphatic rings. The molecule has 1 aromatic rings. The third-order valence-corrected chi connectivity index (χ3v) is 8.52. The molecular weight excluding hydrogens is 527 g/mol. The number of sulfonamides is 1. The molecule has 0 amide bonds. The van der Waals surface area contributed by atoms with Crippen LogP contribution in [0.15, 0.2) is 29.3 Å². The summed E-state index contributed by atoms with van der Waals surface area (Å²) in [5, 5.41) is 3.40. The fraction of sp³-hybridized carbons (Fsp3) is 0.682. The number of rotatable bonds is 6. The highest BCUT2D eigenvalue weighted by molar-refractivity contribution is 14.0. The van der Waals surface area contributed by atoms with E-state index in [4.69, 9.17) is 9.73 Å². The summed E-state index contributed by atoms with van der Waals surface area (Å²) in [6.07, 6.45) is 0. The Balaban J connectivity index is 0.00000341. The molecule has 7 nitrogen and oxygen atoms in total. The van der Waals surface area contributed by atoms with E-state index in [2.05, 4.69) is 44.8 Å². The molecule has 0 unspecified atom stereocenters. The van der Waals surface area contributed by atoms with Crippen LogP contribution in [0, 0.1) is 5.41 Å². The largest absolute Gasteiger partial charge is 0.379 e. The Morgan fingerprint density at radius 1 is 1.13 bits per heavy atom. The smallest absolute Gasteiger partial charge is 0.218 e. The number of hydrogen-bond acceptors (Lipinski definition) is 4. The number of nitrogens with zero attached hydrogens (tertiary/aromatic N) is 3. The molecule has 0 radical (unpaired) electrons. The minimum absolute atomic E-state index is 0. The fourth-order valence-electron chi connectivity index (χ4n) is 3.92. The van der Waals surface area contributed by atoms with Crippen LogP contribution in [0.2, 0.25) is 0 Å². The van der Waals surface area contributed by atoms with Gasteiger partial charge in [0.25, 0.3) is 0 Å². The zero-order valence-electron chi connectivity index (χ0n) is 19.3. The average molecular weight is 565 g/mol. The molecule has 0 atom stereocenters. The van der Waals surface area contributed by atoms with Crippen molar-refractivity contribution in [1.82, 2.24) is 14.5 Å². The molecule has 176 valence electrons. The molecule has 0 spiro atoms. The van der Waals surface area contributed by atoms with Crippen molar-refractivity contribution in [2.24, 2.45) is 10.4 Å². The lowest BCUT2D eigenvalue weighted by Gasteiger charge is -2.62. The van der Waals surface area contributed by atoms with E-state index in [1.54, 1.807) is 0 Å². The van der Waals surface area contributed by atoms with E-state index in [0.29, 0.717) is 32.8 Å². The summed E-state index contributed by atoms with van der Waals surface area (Å²) in [4.78, 5) is 7.18. The van der Waals surface area contributed by atoms with Crippen molar-refractivity contribution < 1.29 is 13.2 Å². The number of aliphatic imine (C=N–C) groups is 1. The normalized spacial score (nSPS) is 21.2. The molecule has 2 heterocycles. The third-order valence-electron chi connectivity index (χ3n) is 6.69. The predicted octanol–water partition coefficient (Wildman–Crippen LogP) is 3.05. The minimum atomic E-state index is -3.37. The Hall–Kier alpha value is -0.910. The lowest BCUT2D eigenvalue weighted by atomic mass is 9.65. The molecule has 0 aromatic heterocycles. The van der Waals surface area contributed by atoms with Crippen molar-refractivity contribution in [3.05, 3.63) is 35.4 Å². The van der Waals surface area contributed by atoms with E-state index in [1.165, 1.54) is 4.31 Å². The highest BCUT2D eigenvalue weighted by Crippen LogP contribution is 2.46. The van der Waals surface area contributed by atoms with Crippen molar-refractivity contribution in [2.75, 3.05) is 39.4 Å². The topological polar surface area (TPSA) is 74.2 Å². The zero-order valence-corrected chi connectivity index (χ0v) is 22.5. The maximum absolute atomic E-state index is 12.9. The van der Waals surface area contributed by atoms with Crippen molar-refractivity contribution >= 4 is 40.0 Å². The van der Waals surface area contributed by atoms with E-state index < -0.39 is 10.0 Å². The molecule has 0 saturated carbocycles. The van der Waals surface area contributed by atoms with Gasteiger partial charge in [0.2, 0.25) is 10.0 Å². The van der Waals surface area contributed by atoms with Gasteiger partial charge in [-0.25, -0.2) is 13.4 Å². The SMILES string of the molecule is CCNC(=NCc1ccccc1CS(=O)(=O)N1CCOCC1)N1CC(C)(C)C1(C)C.I. The monoisotopic (exact) mass is 564 g/mol. The van der Waals surface area contributed by atoms with E-state index in [-0.39, 0.29) is 40.7 Å². The van der Waals surface area contributed by atoms with Crippen molar-refractivity contribution in [3.8, 4) is 0 Å². The quantitative estimate of drug-likeness (QED) is 0.327. The summed E-state index contributed by atoms with van der Waals surface area (Å²) < 4.78 is 32.6. The van der Waals surface area contributed by atoms with E-state index in [9.17, 15) is 8.42 Å². The van der Waals surface area contributed by atoms with E-state index in [0.717, 1.165) is 30.2 Å². The van der Waals surface area contributed by atoms with Crippen LogP contribution in [0.1, 0.15) is 45.7 Å². The minimum Gasteiger partial charge on any atom is -0.379 e. The number of benzene rings is 1. The van der Waals surface area contributed by atoms with Gasteiger partial charge in [0.05, 0.1) is 25.5 Å². The standard InChI is InChI=1S/C22H36N4O3S.HI/c1-6-23-20(26-17-21(2,3)22(26,4)5)24-15-18-9-7-8-10-19(18)16-30(27,28)25-11-13-29-14-12-25;/h7-10H,6,11-17H2,1-5H3,(H,23,24);1H. The molecule has 9 heteroatoms. The van der Waals surface area contributed by atoms with Gasteiger partial charge < -0.3 is 15.0 Å². The van der Waals surface area contributed by atoms with Crippen LogP contribution >= 0.6 is 24.0 Å². The lowest BCUT2D eigenvalue weighted by molar-refractivity contribution is -0.0667. The molecule has 2 fully saturated rings. The van der Waals surface area contributed by atoms with Gasteiger partial charge in [-0.15, -0.1) is 24.0 Å². The molecule has 31 heavy (non-hydrogen) atoms. The fourth-order valence-corrected chi connectivity index (χ4v) is 5.48. The number of likely N-dealkylation sites (tertiary alicyclic amines) is 1. The van der Waals surface area contributed by atoms with Crippen molar-refractivity contribution in [1.29, 1.82) is 0 Å². The van der Waals surface area contributed by atoms with Crippen LogP contribution in [0.4, 0.5) is 0 Å². The first-order valence-electron chi connectivity index (χ1n) is 10.8. The first-order chi connectivity index (χ1) is 14.1. The van der Waals surface area contributed by atoms with Gasteiger partial charge in [-0.2, -0.15) is 4.31 Å². The van der Waals surface area contributed by atoms with Crippen LogP contribution in [-0.4, -0.2) is 68.5 Å². The van der Waals surface area contributed by atoms with Gasteiger partial charge in [0, 0.05) is 37.1 Å². The highest BCUT2D eigenvalue weighted by Gasteiger charge is 2.53. The van der Waals surface area contributed by atoms with Crippen molar-refractivity contribution in [2.45, 2.75) is 52.5 Å². The number of hydrogen-bond donors (Lipinski definition) is 1. The Morgan fingerprint density at radius 2 is 1.74 bits per heavy atom. The molecule has 1 aromatic carbocycles. The highest BCUT2D eigenvalue weighted by atomic mass is 127. The van der Waals surface area contributed by atoms with Gasteiger partial charge >= 0.3 is 0 Å². The van der Waals surface area contributed by atoms with Crippen molar-refractivity contribution in [3.63, 3.8) is 0 Å². The second kappa shape index (κ2) is 10.4. The van der Waals surface area contributed by atoms with E-state index >= 15 is 0 Å². The van der Waals surface area contributed by atoms with Crippen LogP contribution in [-0.2, 0) is 27.1 Å². The summed E-state index contributed by atoms with van der Waals surface area (Å²) >= 11 is 0. The van der Waals surface area contributed by atoms with Gasteiger partial charge in [-0.1, -0.05) is 38.1 Å². The summed E-state index contributed by atoms with van der Waals surface area (Å²) in [6, 6.07) is 7.71. The third kappa shape index (κ3) is 5.72. The number of guanidine groups is 1. The maximum Gasteiger partial charge on any atom is 0.218 e. The second-order valence-electron chi connectivity index (χ2n) is 9.24. The lowest BCUT2D eigenvalue weighted by Crippen LogP contribution is -2.72. The van der Waals surface area contributed by atoms with Gasteiger partial charge in [0.15, 0.2) is 5.96 Å². The number of nitrogens with one attached hydrogen (secondary N) is 1. The zero-order chi connectivity index (χ0) is 22.0. The summed E-state index contributed by atoms with van der Waals surface area (Å²) in [7, 11) is -3.37. The second-order valence-corrected chi connectivity index (χ2v) is 11.2. The van der Waals surface area contributed by atoms with Gasteiger partial charge in [-0.05, 0) is 31.9 Å². The molecule has 0 bridgehead atoms.